The van der Waals surface area contributed by atoms with Crippen LogP contribution in [0.5, 0.6) is 0 Å². The molecular formula is C18H21FN4O3. The molecule has 26 heavy (non-hydrogen) atoms. The molecule has 0 N–H and O–H groups in total. The van der Waals surface area contributed by atoms with Gasteiger partial charge in [0.2, 0.25) is 0 Å². The van der Waals surface area contributed by atoms with Gasteiger partial charge in [-0.2, -0.15) is 0 Å². The van der Waals surface area contributed by atoms with E-state index in [0.29, 0.717) is 24.3 Å². The molecule has 138 valence electrons. The SMILES string of the molecule is CC(C)(C)OC(=O)N1C[C@@H]2CC(n3cc(-c4cccc(F)c4)nn3)(C1)O2. The molecule has 2 bridgehead atoms. The number of morpholine rings is 1. The molecule has 0 aliphatic carbocycles. The maximum atomic E-state index is 13.4. The summed E-state index contributed by atoms with van der Waals surface area (Å²) in [6.07, 6.45) is 2.07. The second kappa shape index (κ2) is 5.77. The number of fused-ring (bicyclic) bond motifs is 2. The summed E-state index contributed by atoms with van der Waals surface area (Å²) in [7, 11) is 0. The molecule has 1 amide bonds. The van der Waals surface area contributed by atoms with Crippen LogP contribution < -0.4 is 0 Å². The van der Waals surface area contributed by atoms with Crippen molar-refractivity contribution in [1.82, 2.24) is 19.9 Å². The van der Waals surface area contributed by atoms with Crippen LogP contribution in [0.2, 0.25) is 0 Å². The number of carbonyl (C=O) groups is 1. The number of hydrogen-bond acceptors (Lipinski definition) is 5. The van der Waals surface area contributed by atoms with Crippen LogP contribution in [0.1, 0.15) is 27.2 Å². The molecule has 2 aromatic rings. The Morgan fingerprint density at radius 3 is 2.88 bits per heavy atom. The minimum Gasteiger partial charge on any atom is -0.444 e. The number of rotatable bonds is 2. The number of hydrogen-bond donors (Lipinski definition) is 0. The van der Waals surface area contributed by atoms with E-state index < -0.39 is 11.3 Å². The van der Waals surface area contributed by atoms with Crippen LogP contribution >= 0.6 is 0 Å². The zero-order chi connectivity index (χ0) is 18.5. The van der Waals surface area contributed by atoms with Crippen molar-refractivity contribution in [3.05, 3.63) is 36.3 Å². The molecule has 8 heteroatoms. The average Bonchev–Trinajstić information content (AvgIpc) is 3.03. The quantitative estimate of drug-likeness (QED) is 0.824. The lowest BCUT2D eigenvalue weighted by Gasteiger charge is -2.54. The minimum atomic E-state index is -0.738. The smallest absolute Gasteiger partial charge is 0.410 e. The van der Waals surface area contributed by atoms with Gasteiger partial charge in [0, 0.05) is 12.0 Å². The van der Waals surface area contributed by atoms with E-state index in [0.717, 1.165) is 6.42 Å². The van der Waals surface area contributed by atoms with Gasteiger partial charge in [-0.15, -0.1) is 5.10 Å². The highest BCUT2D eigenvalue weighted by molar-refractivity contribution is 5.68. The number of nitrogens with zero attached hydrogens (tertiary/aromatic N) is 4. The predicted molar refractivity (Wildman–Crippen MR) is 90.7 cm³/mol. The Hall–Kier alpha value is -2.48. The van der Waals surface area contributed by atoms with Crippen LogP contribution in [-0.2, 0) is 15.2 Å². The number of amides is 1. The van der Waals surface area contributed by atoms with E-state index in [4.69, 9.17) is 9.47 Å². The molecule has 3 aliphatic heterocycles. The van der Waals surface area contributed by atoms with E-state index in [1.165, 1.54) is 12.1 Å². The molecule has 1 unspecified atom stereocenters. The maximum Gasteiger partial charge on any atom is 0.410 e. The fourth-order valence-corrected chi connectivity index (χ4v) is 3.40. The van der Waals surface area contributed by atoms with Crippen molar-refractivity contribution in [1.29, 1.82) is 0 Å². The van der Waals surface area contributed by atoms with Crippen LogP contribution in [0.25, 0.3) is 11.3 Å². The highest BCUT2D eigenvalue weighted by Gasteiger charge is 2.55. The van der Waals surface area contributed by atoms with Crippen molar-refractivity contribution < 1.29 is 18.7 Å². The monoisotopic (exact) mass is 360 g/mol. The first-order valence-corrected chi connectivity index (χ1v) is 8.59. The van der Waals surface area contributed by atoms with E-state index in [2.05, 4.69) is 10.3 Å². The van der Waals surface area contributed by atoms with Crippen LogP contribution in [-0.4, -0.2) is 50.8 Å². The van der Waals surface area contributed by atoms with E-state index in [-0.39, 0.29) is 18.0 Å². The molecule has 5 rings (SSSR count). The largest absolute Gasteiger partial charge is 0.444 e. The molecule has 7 nitrogen and oxygen atoms in total. The summed E-state index contributed by atoms with van der Waals surface area (Å²) in [5.41, 5.74) is -0.0909. The lowest BCUT2D eigenvalue weighted by Crippen LogP contribution is -2.68. The van der Waals surface area contributed by atoms with Crippen molar-refractivity contribution in [3.63, 3.8) is 0 Å². The topological polar surface area (TPSA) is 69.5 Å². The Labute approximate surface area is 150 Å². The fourth-order valence-electron chi connectivity index (χ4n) is 3.40. The van der Waals surface area contributed by atoms with E-state index in [1.54, 1.807) is 27.9 Å². The van der Waals surface area contributed by atoms with Gasteiger partial charge in [0.1, 0.15) is 17.1 Å². The molecule has 0 saturated carbocycles. The Morgan fingerprint density at radius 1 is 1.42 bits per heavy atom. The molecular weight excluding hydrogens is 339 g/mol. The average molecular weight is 360 g/mol. The van der Waals surface area contributed by atoms with Gasteiger partial charge < -0.3 is 14.4 Å². The summed E-state index contributed by atoms with van der Waals surface area (Å²) in [6, 6.07) is 6.19. The second-order valence-corrected chi connectivity index (χ2v) is 7.81. The van der Waals surface area contributed by atoms with Gasteiger partial charge in [0.15, 0.2) is 5.72 Å². The third-order valence-electron chi connectivity index (χ3n) is 4.48. The third kappa shape index (κ3) is 3.05. The Kier molecular flexibility index (Phi) is 3.76. The number of aromatic nitrogens is 3. The summed E-state index contributed by atoms with van der Waals surface area (Å²) in [5.74, 6) is -0.330. The second-order valence-electron chi connectivity index (χ2n) is 7.81. The lowest BCUT2D eigenvalue weighted by atomic mass is 9.92. The summed E-state index contributed by atoms with van der Waals surface area (Å²) in [5, 5.41) is 8.30. The lowest BCUT2D eigenvalue weighted by molar-refractivity contribution is -0.300. The third-order valence-corrected chi connectivity index (χ3v) is 4.48. The standard InChI is InChI=1S/C18H21FN4O3/c1-17(2,3)26-16(24)22-9-14-8-18(11-22,25-14)23-10-15(20-21-23)12-5-4-6-13(19)7-12/h4-7,10,14H,8-9,11H2,1-3H3/t14-,18?/m0/s1. The molecule has 3 saturated heterocycles. The van der Waals surface area contributed by atoms with Gasteiger partial charge >= 0.3 is 6.09 Å². The highest BCUT2D eigenvalue weighted by Crippen LogP contribution is 2.43. The number of benzene rings is 1. The van der Waals surface area contributed by atoms with E-state index >= 15 is 0 Å². The summed E-state index contributed by atoms with van der Waals surface area (Å²) in [6.45, 7) is 6.35. The number of carbonyl (C=O) groups excluding carboxylic acids is 1. The van der Waals surface area contributed by atoms with Crippen LogP contribution in [0.3, 0.4) is 0 Å². The first-order chi connectivity index (χ1) is 12.2. The Bertz CT molecular complexity index is 839. The molecule has 0 spiro atoms. The summed E-state index contributed by atoms with van der Waals surface area (Å²) < 4.78 is 26.5. The normalized spacial score (nSPS) is 24.9. The maximum absolute atomic E-state index is 13.4. The number of piperidine rings is 1. The van der Waals surface area contributed by atoms with Gasteiger partial charge in [-0.3, -0.25) is 0 Å². The summed E-state index contributed by atoms with van der Waals surface area (Å²) >= 11 is 0. The molecule has 2 atom stereocenters. The van der Waals surface area contributed by atoms with Gasteiger partial charge in [-0.1, -0.05) is 17.3 Å². The van der Waals surface area contributed by atoms with Crippen molar-refractivity contribution in [2.75, 3.05) is 13.1 Å². The minimum absolute atomic E-state index is 0.0434. The van der Waals surface area contributed by atoms with Gasteiger partial charge in [-0.05, 0) is 32.9 Å². The molecule has 4 heterocycles. The van der Waals surface area contributed by atoms with Gasteiger partial charge in [0.05, 0.1) is 25.4 Å². The van der Waals surface area contributed by atoms with E-state index in [9.17, 15) is 9.18 Å². The molecule has 0 radical (unpaired) electrons. The zero-order valence-corrected chi connectivity index (χ0v) is 15.0. The zero-order valence-electron chi connectivity index (χ0n) is 15.0. The van der Waals surface area contributed by atoms with Crippen molar-refractivity contribution in [3.8, 4) is 11.3 Å². The first kappa shape index (κ1) is 17.0. The number of halogens is 1. The predicted octanol–water partition coefficient (Wildman–Crippen LogP) is 2.78. The number of ether oxygens (including phenoxy) is 2. The van der Waals surface area contributed by atoms with Gasteiger partial charge in [-0.25, -0.2) is 13.9 Å². The van der Waals surface area contributed by atoms with Crippen molar-refractivity contribution in [2.45, 2.75) is 44.6 Å². The van der Waals surface area contributed by atoms with E-state index in [1.807, 2.05) is 20.8 Å². The van der Waals surface area contributed by atoms with Crippen LogP contribution in [0.4, 0.5) is 9.18 Å². The van der Waals surface area contributed by atoms with Crippen molar-refractivity contribution in [2.24, 2.45) is 0 Å². The molecule has 1 aromatic heterocycles. The Morgan fingerprint density at radius 2 is 2.19 bits per heavy atom. The fraction of sp³-hybridized carbons (Fsp3) is 0.500. The van der Waals surface area contributed by atoms with Gasteiger partial charge in [0.25, 0.3) is 0 Å². The Balaban J connectivity index is 1.54. The van der Waals surface area contributed by atoms with Crippen LogP contribution in [0.15, 0.2) is 30.5 Å². The molecule has 3 aliphatic rings. The van der Waals surface area contributed by atoms with Crippen LogP contribution in [0, 0.1) is 5.82 Å². The first-order valence-electron chi connectivity index (χ1n) is 8.59. The molecule has 1 aromatic carbocycles. The summed E-state index contributed by atoms with van der Waals surface area (Å²) in [4.78, 5) is 14.0. The highest BCUT2D eigenvalue weighted by atomic mass is 19.1. The van der Waals surface area contributed by atoms with Crippen molar-refractivity contribution >= 4 is 6.09 Å². The molecule has 3 fully saturated rings.